The summed E-state index contributed by atoms with van der Waals surface area (Å²) in [7, 11) is 0. The van der Waals surface area contributed by atoms with E-state index in [1.54, 1.807) is 0 Å². The van der Waals surface area contributed by atoms with Crippen LogP contribution in [0, 0.1) is 5.92 Å². The zero-order chi connectivity index (χ0) is 22.6. The van der Waals surface area contributed by atoms with Gasteiger partial charge in [0, 0.05) is 18.2 Å². The molecule has 1 amide bonds. The molecule has 32 heavy (non-hydrogen) atoms. The first-order valence-corrected chi connectivity index (χ1v) is 10.4. The van der Waals surface area contributed by atoms with Crippen LogP contribution in [-0.4, -0.2) is 18.6 Å². The van der Waals surface area contributed by atoms with Crippen molar-refractivity contribution in [3.63, 3.8) is 0 Å². The third-order valence-electron chi connectivity index (χ3n) is 5.30. The van der Waals surface area contributed by atoms with E-state index >= 15 is 0 Å². The fraction of sp³-hybridized carbons (Fsp3) is 0.240. The number of carbonyl (C=O) groups excluding carboxylic acids is 1. The second-order valence-corrected chi connectivity index (χ2v) is 7.82. The van der Waals surface area contributed by atoms with E-state index in [1.165, 1.54) is 0 Å². The highest BCUT2D eigenvalue weighted by atomic mass is 19.4. The van der Waals surface area contributed by atoms with Crippen LogP contribution in [0.5, 0.6) is 11.5 Å². The maximum Gasteiger partial charge on any atom is 0.405 e. The highest BCUT2D eigenvalue weighted by Crippen LogP contribution is 2.47. The lowest BCUT2D eigenvalue weighted by molar-refractivity contribution is -0.139. The predicted molar refractivity (Wildman–Crippen MR) is 117 cm³/mol. The maximum absolute atomic E-state index is 12.3. The molecule has 0 spiro atoms. The first-order valence-electron chi connectivity index (χ1n) is 10.4. The topological polar surface area (TPSA) is 50.4 Å². The molecule has 3 aromatic carbocycles. The van der Waals surface area contributed by atoms with Crippen molar-refractivity contribution in [3.8, 4) is 11.5 Å². The number of ether oxygens (including phenoxy) is 1. The molecule has 0 heterocycles. The summed E-state index contributed by atoms with van der Waals surface area (Å²) in [6.07, 6.45) is -3.81. The molecule has 1 fully saturated rings. The highest BCUT2D eigenvalue weighted by molar-refractivity contribution is 5.83. The van der Waals surface area contributed by atoms with Crippen LogP contribution < -0.4 is 15.4 Å². The van der Waals surface area contributed by atoms with Gasteiger partial charge in [-0.15, -0.1) is 0 Å². The second-order valence-electron chi connectivity index (χ2n) is 7.82. The summed E-state index contributed by atoms with van der Waals surface area (Å²) in [5.41, 5.74) is 2.94. The average molecular weight is 440 g/mol. The predicted octanol–water partition coefficient (Wildman–Crippen LogP) is 5.87. The Kier molecular flexibility index (Phi) is 6.35. The normalized spacial score (nSPS) is 17.5. The minimum atomic E-state index is -4.39. The van der Waals surface area contributed by atoms with E-state index in [0.717, 1.165) is 28.3 Å². The second kappa shape index (κ2) is 9.34. The summed E-state index contributed by atoms with van der Waals surface area (Å²) in [6.45, 7) is -0.674. The number of hydrogen-bond donors (Lipinski definition) is 2. The number of halogens is 3. The summed E-state index contributed by atoms with van der Waals surface area (Å²) in [4.78, 5) is 11.9. The summed E-state index contributed by atoms with van der Waals surface area (Å²) < 4.78 is 42.6. The Morgan fingerprint density at radius 2 is 1.66 bits per heavy atom. The largest absolute Gasteiger partial charge is 0.457 e. The lowest BCUT2D eigenvalue weighted by Crippen LogP contribution is -2.34. The average Bonchev–Trinajstić information content (AvgIpc) is 3.58. The van der Waals surface area contributed by atoms with Crippen LogP contribution in [0.1, 0.15) is 23.5 Å². The molecule has 2 unspecified atom stereocenters. The van der Waals surface area contributed by atoms with Crippen LogP contribution in [0.15, 0.2) is 78.9 Å². The van der Waals surface area contributed by atoms with Crippen LogP contribution in [-0.2, 0) is 11.3 Å². The zero-order valence-corrected chi connectivity index (χ0v) is 17.2. The summed E-state index contributed by atoms with van der Waals surface area (Å²) in [5.74, 6) is 0.591. The Morgan fingerprint density at radius 3 is 2.38 bits per heavy atom. The third-order valence-corrected chi connectivity index (χ3v) is 5.30. The van der Waals surface area contributed by atoms with Gasteiger partial charge in [-0.25, -0.2) is 0 Å². The van der Waals surface area contributed by atoms with Gasteiger partial charge in [-0.3, -0.25) is 4.79 Å². The standard InChI is InChI=1S/C25H23F3N2O2/c26-25(27,28)16-30-24(31)23-14-22(23)18-9-11-19(12-10-18)29-15-17-5-4-8-21(13-17)32-20-6-2-1-3-7-20/h1-13,22-23,29H,14-16H2,(H,30,31). The third kappa shape index (κ3) is 6.03. The van der Waals surface area contributed by atoms with Gasteiger partial charge in [-0.05, 0) is 59.9 Å². The van der Waals surface area contributed by atoms with Crippen molar-refractivity contribution in [2.45, 2.75) is 25.1 Å². The molecule has 166 valence electrons. The van der Waals surface area contributed by atoms with Crippen LogP contribution in [0.25, 0.3) is 0 Å². The van der Waals surface area contributed by atoms with E-state index in [1.807, 2.05) is 84.2 Å². The van der Waals surface area contributed by atoms with Crippen molar-refractivity contribution in [2.75, 3.05) is 11.9 Å². The SMILES string of the molecule is O=C(NCC(F)(F)F)C1CC1c1ccc(NCc2cccc(Oc3ccccc3)c2)cc1. The number of amides is 1. The molecule has 0 aromatic heterocycles. The molecule has 4 rings (SSSR count). The summed E-state index contributed by atoms with van der Waals surface area (Å²) >= 11 is 0. The number of benzene rings is 3. The van der Waals surface area contributed by atoms with Crippen LogP contribution in [0.3, 0.4) is 0 Å². The first-order chi connectivity index (χ1) is 15.4. The molecule has 0 bridgehead atoms. The summed E-state index contributed by atoms with van der Waals surface area (Å²) in [6, 6.07) is 25.1. The fourth-order valence-corrected chi connectivity index (χ4v) is 3.57. The quantitative estimate of drug-likeness (QED) is 0.460. The van der Waals surface area contributed by atoms with Crippen molar-refractivity contribution in [2.24, 2.45) is 5.92 Å². The van der Waals surface area contributed by atoms with E-state index in [9.17, 15) is 18.0 Å². The number of alkyl halides is 3. The number of para-hydroxylation sites is 1. The molecule has 4 nitrogen and oxygen atoms in total. The Morgan fingerprint density at radius 1 is 0.938 bits per heavy atom. The minimum Gasteiger partial charge on any atom is -0.457 e. The van der Waals surface area contributed by atoms with Gasteiger partial charge < -0.3 is 15.4 Å². The van der Waals surface area contributed by atoms with Crippen LogP contribution in [0.2, 0.25) is 0 Å². The molecule has 2 atom stereocenters. The van der Waals surface area contributed by atoms with Gasteiger partial charge in [0.2, 0.25) is 5.91 Å². The molecule has 3 aromatic rings. The number of hydrogen-bond acceptors (Lipinski definition) is 3. The van der Waals surface area contributed by atoms with E-state index in [-0.39, 0.29) is 11.8 Å². The fourth-order valence-electron chi connectivity index (χ4n) is 3.57. The van der Waals surface area contributed by atoms with Gasteiger partial charge in [0.1, 0.15) is 18.0 Å². The van der Waals surface area contributed by atoms with E-state index in [0.29, 0.717) is 13.0 Å². The van der Waals surface area contributed by atoms with Crippen molar-refractivity contribution >= 4 is 11.6 Å². The minimum absolute atomic E-state index is 0.0240. The van der Waals surface area contributed by atoms with Crippen LogP contribution in [0.4, 0.5) is 18.9 Å². The van der Waals surface area contributed by atoms with Crippen molar-refractivity contribution in [1.29, 1.82) is 0 Å². The molecule has 2 N–H and O–H groups in total. The molecule has 1 saturated carbocycles. The number of carbonyl (C=O) groups is 1. The van der Waals surface area contributed by atoms with Gasteiger partial charge >= 0.3 is 6.18 Å². The van der Waals surface area contributed by atoms with Gasteiger partial charge in [-0.2, -0.15) is 13.2 Å². The molecule has 1 aliphatic rings. The number of anilines is 1. The maximum atomic E-state index is 12.3. The van der Waals surface area contributed by atoms with Crippen LogP contribution >= 0.6 is 0 Å². The highest BCUT2D eigenvalue weighted by Gasteiger charge is 2.44. The Labute approximate surface area is 184 Å². The monoisotopic (exact) mass is 440 g/mol. The molecule has 0 aliphatic heterocycles. The number of nitrogens with one attached hydrogen (secondary N) is 2. The van der Waals surface area contributed by atoms with Gasteiger partial charge in [0.25, 0.3) is 0 Å². The molecular weight excluding hydrogens is 417 g/mol. The molecule has 7 heteroatoms. The molecule has 0 saturated heterocycles. The Hall–Kier alpha value is -3.48. The number of rotatable bonds is 8. The zero-order valence-electron chi connectivity index (χ0n) is 17.2. The van der Waals surface area contributed by atoms with E-state index in [4.69, 9.17) is 4.74 Å². The molecule has 0 radical (unpaired) electrons. The van der Waals surface area contributed by atoms with Crippen molar-refractivity contribution in [3.05, 3.63) is 90.0 Å². The van der Waals surface area contributed by atoms with Gasteiger partial charge in [0.15, 0.2) is 0 Å². The van der Waals surface area contributed by atoms with Crippen molar-refractivity contribution < 1.29 is 22.7 Å². The summed E-state index contributed by atoms with van der Waals surface area (Å²) in [5, 5.41) is 5.32. The van der Waals surface area contributed by atoms with E-state index in [2.05, 4.69) is 5.32 Å². The lowest BCUT2D eigenvalue weighted by Gasteiger charge is -2.10. The van der Waals surface area contributed by atoms with Gasteiger partial charge in [0.05, 0.1) is 0 Å². The molecular formula is C25H23F3N2O2. The first kappa shape index (κ1) is 21.7. The van der Waals surface area contributed by atoms with Crippen molar-refractivity contribution in [1.82, 2.24) is 5.32 Å². The Balaban J connectivity index is 1.28. The van der Waals surface area contributed by atoms with E-state index < -0.39 is 18.6 Å². The lowest BCUT2D eigenvalue weighted by atomic mass is 10.1. The smallest absolute Gasteiger partial charge is 0.405 e. The Bertz CT molecular complexity index is 1050. The molecule has 1 aliphatic carbocycles. The van der Waals surface area contributed by atoms with Gasteiger partial charge in [-0.1, -0.05) is 42.5 Å².